The Hall–Kier alpha value is -1.06. The number of benzene rings is 1. The summed E-state index contributed by atoms with van der Waals surface area (Å²) in [6, 6.07) is 6.52. The number of hydrogen-bond acceptors (Lipinski definition) is 3. The van der Waals surface area contributed by atoms with Crippen LogP contribution in [-0.4, -0.2) is 25.4 Å². The molecule has 0 aromatic heterocycles. The van der Waals surface area contributed by atoms with E-state index in [1.165, 1.54) is 24.0 Å². The Kier molecular flexibility index (Phi) is 3.52. The molecule has 0 saturated carbocycles. The van der Waals surface area contributed by atoms with Crippen molar-refractivity contribution in [3.63, 3.8) is 0 Å². The molecule has 1 saturated heterocycles. The maximum atomic E-state index is 5.71. The van der Waals surface area contributed by atoms with Gasteiger partial charge in [0.05, 0.1) is 6.10 Å². The number of rotatable bonds is 4. The lowest BCUT2D eigenvalue weighted by Gasteiger charge is -2.11. The van der Waals surface area contributed by atoms with Gasteiger partial charge in [-0.1, -0.05) is 12.1 Å². The smallest absolute Gasteiger partial charge is 0.123 e. The normalized spacial score (nSPS) is 26.1. The molecule has 1 aromatic rings. The molecular formula is C15H21NO2. The molecule has 1 aromatic carbocycles. The average molecular weight is 247 g/mol. The summed E-state index contributed by atoms with van der Waals surface area (Å²) in [6.45, 7) is 4.93. The van der Waals surface area contributed by atoms with Crippen molar-refractivity contribution in [2.24, 2.45) is 0 Å². The summed E-state index contributed by atoms with van der Waals surface area (Å²) < 4.78 is 11.3. The van der Waals surface area contributed by atoms with E-state index >= 15 is 0 Å². The number of fused-ring (bicyclic) bond motifs is 1. The SMILES string of the molecule is C[C@@H]1Cc2cc(CNC[C@@H]3CCCO3)ccc2O1. The van der Waals surface area contributed by atoms with Gasteiger partial charge in [-0.2, -0.15) is 0 Å². The fourth-order valence-corrected chi connectivity index (χ4v) is 2.77. The zero-order valence-corrected chi connectivity index (χ0v) is 10.9. The van der Waals surface area contributed by atoms with Gasteiger partial charge in [-0.3, -0.25) is 0 Å². The van der Waals surface area contributed by atoms with Crippen molar-refractivity contribution in [3.05, 3.63) is 29.3 Å². The van der Waals surface area contributed by atoms with Gasteiger partial charge in [0.15, 0.2) is 0 Å². The highest BCUT2D eigenvalue weighted by atomic mass is 16.5. The fourth-order valence-electron chi connectivity index (χ4n) is 2.77. The van der Waals surface area contributed by atoms with Gasteiger partial charge in [0, 0.05) is 26.1 Å². The van der Waals surface area contributed by atoms with Gasteiger partial charge < -0.3 is 14.8 Å². The second-order valence-electron chi connectivity index (χ2n) is 5.34. The van der Waals surface area contributed by atoms with E-state index in [0.29, 0.717) is 12.2 Å². The third-order valence-corrected chi connectivity index (χ3v) is 3.69. The van der Waals surface area contributed by atoms with Crippen molar-refractivity contribution in [2.75, 3.05) is 13.2 Å². The van der Waals surface area contributed by atoms with E-state index in [-0.39, 0.29) is 0 Å². The van der Waals surface area contributed by atoms with Gasteiger partial charge in [0.1, 0.15) is 11.9 Å². The minimum atomic E-state index is 0.329. The summed E-state index contributed by atoms with van der Waals surface area (Å²) >= 11 is 0. The summed E-state index contributed by atoms with van der Waals surface area (Å²) in [5.74, 6) is 1.06. The van der Waals surface area contributed by atoms with Gasteiger partial charge in [0.2, 0.25) is 0 Å². The molecule has 18 heavy (non-hydrogen) atoms. The minimum absolute atomic E-state index is 0.329. The van der Waals surface area contributed by atoms with Crippen LogP contribution in [0.4, 0.5) is 0 Å². The lowest BCUT2D eigenvalue weighted by molar-refractivity contribution is 0.110. The molecule has 2 heterocycles. The molecule has 3 nitrogen and oxygen atoms in total. The van der Waals surface area contributed by atoms with E-state index in [0.717, 1.165) is 31.9 Å². The Morgan fingerprint density at radius 1 is 1.39 bits per heavy atom. The van der Waals surface area contributed by atoms with Crippen molar-refractivity contribution in [3.8, 4) is 5.75 Å². The van der Waals surface area contributed by atoms with E-state index < -0.39 is 0 Å². The first-order valence-electron chi connectivity index (χ1n) is 6.92. The third kappa shape index (κ3) is 2.68. The molecule has 0 aliphatic carbocycles. The van der Waals surface area contributed by atoms with Gasteiger partial charge in [-0.05, 0) is 37.0 Å². The Balaban J connectivity index is 1.52. The maximum Gasteiger partial charge on any atom is 0.123 e. The predicted molar refractivity (Wildman–Crippen MR) is 70.9 cm³/mol. The van der Waals surface area contributed by atoms with Crippen LogP contribution in [-0.2, 0) is 17.7 Å². The second-order valence-corrected chi connectivity index (χ2v) is 5.34. The molecule has 1 fully saturated rings. The van der Waals surface area contributed by atoms with E-state index in [1.54, 1.807) is 0 Å². The van der Waals surface area contributed by atoms with Crippen molar-refractivity contribution >= 4 is 0 Å². The van der Waals surface area contributed by atoms with E-state index in [1.807, 2.05) is 0 Å². The van der Waals surface area contributed by atoms with Gasteiger partial charge in [0.25, 0.3) is 0 Å². The first-order chi connectivity index (χ1) is 8.81. The van der Waals surface area contributed by atoms with Crippen LogP contribution in [0.3, 0.4) is 0 Å². The van der Waals surface area contributed by atoms with Crippen LogP contribution in [0.15, 0.2) is 18.2 Å². The van der Waals surface area contributed by atoms with E-state index in [9.17, 15) is 0 Å². The molecule has 3 heteroatoms. The largest absolute Gasteiger partial charge is 0.490 e. The second kappa shape index (κ2) is 5.29. The molecule has 1 N–H and O–H groups in total. The molecule has 3 rings (SSSR count). The molecule has 0 bridgehead atoms. The highest BCUT2D eigenvalue weighted by Crippen LogP contribution is 2.29. The van der Waals surface area contributed by atoms with Gasteiger partial charge in [-0.15, -0.1) is 0 Å². The first-order valence-corrected chi connectivity index (χ1v) is 6.92. The van der Waals surface area contributed by atoms with Gasteiger partial charge >= 0.3 is 0 Å². The van der Waals surface area contributed by atoms with Crippen LogP contribution in [0, 0.1) is 0 Å². The van der Waals surface area contributed by atoms with Crippen LogP contribution in [0.1, 0.15) is 30.9 Å². The molecule has 0 amide bonds. The van der Waals surface area contributed by atoms with Crippen molar-refractivity contribution < 1.29 is 9.47 Å². The summed E-state index contributed by atoms with van der Waals surface area (Å²) in [5, 5.41) is 3.48. The summed E-state index contributed by atoms with van der Waals surface area (Å²) in [4.78, 5) is 0. The number of hydrogen-bond donors (Lipinski definition) is 1. The van der Waals surface area contributed by atoms with Crippen LogP contribution in [0.2, 0.25) is 0 Å². The Morgan fingerprint density at radius 2 is 2.33 bits per heavy atom. The van der Waals surface area contributed by atoms with Crippen molar-refractivity contribution in [1.82, 2.24) is 5.32 Å². The molecule has 0 unspecified atom stereocenters. The van der Waals surface area contributed by atoms with E-state index in [2.05, 4.69) is 30.4 Å². The zero-order valence-electron chi connectivity index (χ0n) is 10.9. The van der Waals surface area contributed by atoms with Crippen LogP contribution >= 0.6 is 0 Å². The first kappa shape index (κ1) is 12.0. The Morgan fingerprint density at radius 3 is 3.17 bits per heavy atom. The van der Waals surface area contributed by atoms with E-state index in [4.69, 9.17) is 9.47 Å². The molecule has 98 valence electrons. The quantitative estimate of drug-likeness (QED) is 0.885. The van der Waals surface area contributed by atoms with Crippen molar-refractivity contribution in [2.45, 2.75) is 44.9 Å². The zero-order chi connectivity index (χ0) is 12.4. The Bertz CT molecular complexity index is 413. The van der Waals surface area contributed by atoms with Crippen molar-refractivity contribution in [1.29, 1.82) is 0 Å². The van der Waals surface area contributed by atoms with Gasteiger partial charge in [-0.25, -0.2) is 0 Å². The monoisotopic (exact) mass is 247 g/mol. The molecule has 2 aliphatic heterocycles. The highest BCUT2D eigenvalue weighted by molar-refractivity contribution is 5.40. The molecule has 2 aliphatic rings. The highest BCUT2D eigenvalue weighted by Gasteiger charge is 2.19. The lowest BCUT2D eigenvalue weighted by Crippen LogP contribution is -2.25. The molecule has 0 spiro atoms. The summed E-state index contributed by atoms with van der Waals surface area (Å²) in [7, 11) is 0. The Labute approximate surface area is 108 Å². The van der Waals surface area contributed by atoms with Crippen LogP contribution in [0.5, 0.6) is 5.75 Å². The summed E-state index contributed by atoms with van der Waals surface area (Å²) in [5.41, 5.74) is 2.68. The number of nitrogens with one attached hydrogen (secondary N) is 1. The predicted octanol–water partition coefficient (Wildman–Crippen LogP) is 2.28. The number of ether oxygens (including phenoxy) is 2. The fraction of sp³-hybridized carbons (Fsp3) is 0.600. The minimum Gasteiger partial charge on any atom is -0.490 e. The summed E-state index contributed by atoms with van der Waals surface area (Å²) in [6.07, 6.45) is 4.19. The third-order valence-electron chi connectivity index (χ3n) is 3.69. The molecular weight excluding hydrogens is 226 g/mol. The molecule has 2 atom stereocenters. The average Bonchev–Trinajstić information content (AvgIpc) is 2.96. The lowest BCUT2D eigenvalue weighted by atomic mass is 10.1. The maximum absolute atomic E-state index is 5.71. The standard InChI is InChI=1S/C15H21NO2/c1-11-7-13-8-12(4-5-15(13)18-11)9-16-10-14-3-2-6-17-14/h4-5,8,11,14,16H,2-3,6-7,9-10H2,1H3/t11-,14+/m1/s1. The topological polar surface area (TPSA) is 30.5 Å². The van der Waals surface area contributed by atoms with Crippen LogP contribution < -0.4 is 10.1 Å². The molecule has 0 radical (unpaired) electrons. The van der Waals surface area contributed by atoms with Crippen LogP contribution in [0.25, 0.3) is 0 Å².